The topological polar surface area (TPSA) is 38.0 Å². The van der Waals surface area contributed by atoms with Crippen LogP contribution in [0.25, 0.3) is 0 Å². The van der Waals surface area contributed by atoms with Crippen LogP contribution in [0.5, 0.6) is 0 Å². The highest BCUT2D eigenvalue weighted by Crippen LogP contribution is 2.29. The van der Waals surface area contributed by atoms with Gasteiger partial charge in [-0.25, -0.2) is 4.39 Å². The Morgan fingerprint density at radius 1 is 1.35 bits per heavy atom. The highest BCUT2D eigenvalue weighted by Gasteiger charge is 2.24. The summed E-state index contributed by atoms with van der Waals surface area (Å²) in [5.74, 6) is 0.185. The van der Waals surface area contributed by atoms with Gasteiger partial charge in [-0.15, -0.1) is 0 Å². The molecule has 2 unspecified atom stereocenters. The Morgan fingerprint density at radius 2 is 2.12 bits per heavy atom. The molecular weight excluding hydrogens is 239 g/mol. The maximum absolute atomic E-state index is 12.9. The van der Waals surface area contributed by atoms with E-state index in [1.807, 2.05) is 0 Å². The van der Waals surface area contributed by atoms with Crippen molar-refractivity contribution in [3.05, 3.63) is 29.0 Å². The van der Waals surface area contributed by atoms with Crippen LogP contribution in [0.4, 0.5) is 10.1 Å². The zero-order valence-electron chi connectivity index (χ0n) is 9.76. The van der Waals surface area contributed by atoms with Gasteiger partial charge in [-0.1, -0.05) is 24.4 Å². The summed E-state index contributed by atoms with van der Waals surface area (Å²) in [5, 5.41) is 3.84. The second kappa shape index (κ2) is 5.69. The van der Waals surface area contributed by atoms with Crippen molar-refractivity contribution in [1.29, 1.82) is 0 Å². The fourth-order valence-corrected chi connectivity index (χ4v) is 2.71. The average Bonchev–Trinajstić information content (AvgIpc) is 2.33. The van der Waals surface area contributed by atoms with E-state index in [9.17, 15) is 4.39 Å². The third kappa shape index (κ3) is 3.11. The minimum absolute atomic E-state index is 0.306. The molecule has 0 spiro atoms. The Hall–Kier alpha value is -0.800. The average molecular weight is 257 g/mol. The van der Waals surface area contributed by atoms with Crippen molar-refractivity contribution in [3.8, 4) is 0 Å². The van der Waals surface area contributed by atoms with E-state index in [1.54, 1.807) is 6.07 Å². The molecule has 0 heterocycles. The Balaban J connectivity index is 2.08. The van der Waals surface area contributed by atoms with Crippen LogP contribution >= 0.6 is 11.6 Å². The molecule has 0 bridgehead atoms. The van der Waals surface area contributed by atoms with Crippen LogP contribution in [0.1, 0.15) is 25.7 Å². The van der Waals surface area contributed by atoms with Crippen molar-refractivity contribution in [3.63, 3.8) is 0 Å². The summed E-state index contributed by atoms with van der Waals surface area (Å²) >= 11 is 6.01. The number of halogens is 2. The molecule has 1 fully saturated rings. The molecule has 0 amide bonds. The lowest BCUT2D eigenvalue weighted by atomic mass is 9.84. The number of hydrogen-bond acceptors (Lipinski definition) is 2. The van der Waals surface area contributed by atoms with E-state index < -0.39 is 0 Å². The number of nitrogens with one attached hydrogen (secondary N) is 1. The lowest BCUT2D eigenvalue weighted by molar-refractivity contribution is 0.332. The first-order chi connectivity index (χ1) is 8.20. The molecule has 4 heteroatoms. The van der Waals surface area contributed by atoms with Crippen LogP contribution in [0.3, 0.4) is 0 Å². The van der Waals surface area contributed by atoms with Crippen molar-refractivity contribution in [2.45, 2.75) is 31.7 Å². The van der Waals surface area contributed by atoms with E-state index in [0.29, 0.717) is 23.5 Å². The van der Waals surface area contributed by atoms with Gasteiger partial charge < -0.3 is 11.1 Å². The summed E-state index contributed by atoms with van der Waals surface area (Å²) in [4.78, 5) is 0. The van der Waals surface area contributed by atoms with E-state index in [1.165, 1.54) is 25.0 Å². The molecule has 2 nitrogen and oxygen atoms in total. The number of benzene rings is 1. The highest BCUT2D eigenvalue weighted by atomic mass is 35.5. The van der Waals surface area contributed by atoms with Gasteiger partial charge in [-0.2, -0.15) is 0 Å². The van der Waals surface area contributed by atoms with Crippen LogP contribution < -0.4 is 11.1 Å². The molecule has 94 valence electrons. The van der Waals surface area contributed by atoms with Gasteiger partial charge in [0, 0.05) is 6.04 Å². The van der Waals surface area contributed by atoms with E-state index in [-0.39, 0.29) is 5.82 Å². The van der Waals surface area contributed by atoms with Gasteiger partial charge in [0.15, 0.2) is 0 Å². The van der Waals surface area contributed by atoms with E-state index >= 15 is 0 Å². The van der Waals surface area contributed by atoms with Crippen LogP contribution in [0, 0.1) is 11.7 Å². The zero-order valence-corrected chi connectivity index (χ0v) is 10.5. The SMILES string of the molecule is NCC1CCCCC1Nc1ccc(F)cc1Cl. The van der Waals surface area contributed by atoms with Crippen LogP contribution in [0.15, 0.2) is 18.2 Å². The maximum atomic E-state index is 12.9. The normalized spacial score (nSPS) is 24.6. The first-order valence-electron chi connectivity index (χ1n) is 6.12. The molecule has 2 atom stereocenters. The van der Waals surface area contributed by atoms with Gasteiger partial charge >= 0.3 is 0 Å². The molecular formula is C13H18ClFN2. The van der Waals surface area contributed by atoms with Gasteiger partial charge in [0.2, 0.25) is 0 Å². The minimum Gasteiger partial charge on any atom is -0.381 e. The van der Waals surface area contributed by atoms with Crippen molar-refractivity contribution >= 4 is 17.3 Å². The minimum atomic E-state index is -0.306. The Morgan fingerprint density at radius 3 is 2.82 bits per heavy atom. The van der Waals surface area contributed by atoms with Crippen LogP contribution in [0.2, 0.25) is 5.02 Å². The Bertz CT molecular complexity index is 384. The first kappa shape index (κ1) is 12.7. The molecule has 0 aromatic heterocycles. The van der Waals surface area contributed by atoms with Gasteiger partial charge in [-0.3, -0.25) is 0 Å². The highest BCUT2D eigenvalue weighted by molar-refractivity contribution is 6.33. The molecule has 1 aliphatic carbocycles. The first-order valence-corrected chi connectivity index (χ1v) is 6.50. The number of hydrogen-bond donors (Lipinski definition) is 2. The van der Waals surface area contributed by atoms with Gasteiger partial charge in [-0.05, 0) is 43.5 Å². The van der Waals surface area contributed by atoms with Crippen LogP contribution in [-0.4, -0.2) is 12.6 Å². The van der Waals surface area contributed by atoms with E-state index in [4.69, 9.17) is 17.3 Å². The smallest absolute Gasteiger partial charge is 0.124 e. The largest absolute Gasteiger partial charge is 0.381 e. The fourth-order valence-electron chi connectivity index (χ4n) is 2.49. The molecule has 3 N–H and O–H groups in total. The van der Waals surface area contributed by atoms with Crippen molar-refractivity contribution in [2.24, 2.45) is 11.7 Å². The molecule has 1 saturated carbocycles. The summed E-state index contributed by atoms with van der Waals surface area (Å²) in [5.41, 5.74) is 6.58. The fraction of sp³-hybridized carbons (Fsp3) is 0.538. The summed E-state index contributed by atoms with van der Waals surface area (Å²) < 4.78 is 12.9. The van der Waals surface area contributed by atoms with Crippen molar-refractivity contribution < 1.29 is 4.39 Å². The van der Waals surface area contributed by atoms with Gasteiger partial charge in [0.1, 0.15) is 5.82 Å². The summed E-state index contributed by atoms with van der Waals surface area (Å²) in [6.07, 6.45) is 4.73. The molecule has 17 heavy (non-hydrogen) atoms. The van der Waals surface area contributed by atoms with E-state index in [0.717, 1.165) is 18.5 Å². The Labute approximate surface area is 106 Å². The molecule has 0 aliphatic heterocycles. The number of rotatable bonds is 3. The second-order valence-corrected chi connectivity index (χ2v) is 5.06. The predicted molar refractivity (Wildman–Crippen MR) is 69.8 cm³/mol. The summed E-state index contributed by atoms with van der Waals surface area (Å²) in [7, 11) is 0. The number of nitrogens with two attached hydrogens (primary N) is 1. The molecule has 1 aliphatic rings. The van der Waals surface area contributed by atoms with E-state index in [2.05, 4.69) is 5.32 Å². The third-order valence-electron chi connectivity index (χ3n) is 3.48. The second-order valence-electron chi connectivity index (χ2n) is 4.66. The molecule has 1 aromatic rings. The van der Waals surface area contributed by atoms with Crippen LogP contribution in [-0.2, 0) is 0 Å². The third-order valence-corrected chi connectivity index (χ3v) is 3.80. The predicted octanol–water partition coefficient (Wildman–Crippen LogP) is 3.41. The van der Waals surface area contributed by atoms with Gasteiger partial charge in [0.05, 0.1) is 10.7 Å². The monoisotopic (exact) mass is 256 g/mol. The zero-order chi connectivity index (χ0) is 12.3. The lowest BCUT2D eigenvalue weighted by Crippen LogP contribution is -2.36. The molecule has 0 radical (unpaired) electrons. The molecule has 2 rings (SSSR count). The lowest BCUT2D eigenvalue weighted by Gasteiger charge is -2.32. The summed E-state index contributed by atoms with van der Waals surface area (Å²) in [6.45, 7) is 0.691. The van der Waals surface area contributed by atoms with Gasteiger partial charge in [0.25, 0.3) is 0 Å². The Kier molecular flexibility index (Phi) is 4.24. The molecule has 0 saturated heterocycles. The molecule has 1 aromatic carbocycles. The maximum Gasteiger partial charge on any atom is 0.124 e. The quantitative estimate of drug-likeness (QED) is 0.870. The van der Waals surface area contributed by atoms with Crippen molar-refractivity contribution in [2.75, 3.05) is 11.9 Å². The standard InChI is InChI=1S/C13H18ClFN2/c14-11-7-10(15)5-6-13(11)17-12-4-2-1-3-9(12)8-16/h5-7,9,12,17H,1-4,8,16H2. The number of anilines is 1. The van der Waals surface area contributed by atoms with Crippen molar-refractivity contribution in [1.82, 2.24) is 0 Å². The summed E-state index contributed by atoms with van der Waals surface area (Å²) in [6, 6.07) is 4.81.